The standard InChI is InChI=1S/C19H17N3O4/c1-25-19(24)15-9-12(7-8-20-15)18-22-14-10-13(5-6-16(14)26-18)21-17(23)11-3-2-4-11/h5-11H,2-4H2,1H3,(H,21,23). The molecule has 0 atom stereocenters. The van der Waals surface area contributed by atoms with Gasteiger partial charge in [-0.05, 0) is 43.2 Å². The Morgan fingerprint density at radius 1 is 1.23 bits per heavy atom. The predicted octanol–water partition coefficient (Wildman–Crippen LogP) is 3.42. The molecule has 7 heteroatoms. The second kappa shape index (κ2) is 6.59. The largest absolute Gasteiger partial charge is 0.464 e. The fourth-order valence-electron chi connectivity index (χ4n) is 2.82. The summed E-state index contributed by atoms with van der Waals surface area (Å²) >= 11 is 0. The first-order chi connectivity index (χ1) is 12.6. The van der Waals surface area contributed by atoms with Gasteiger partial charge in [0, 0.05) is 23.4 Å². The van der Waals surface area contributed by atoms with Crippen LogP contribution in [0.2, 0.25) is 0 Å². The SMILES string of the molecule is COC(=O)c1cc(-c2nc3cc(NC(=O)C4CCC4)ccc3o2)ccn1. The number of nitrogens with one attached hydrogen (secondary N) is 1. The summed E-state index contributed by atoms with van der Waals surface area (Å²) in [4.78, 5) is 32.1. The Labute approximate surface area is 149 Å². The second-order valence-corrected chi connectivity index (χ2v) is 6.24. The number of hydrogen-bond donors (Lipinski definition) is 1. The highest BCUT2D eigenvalue weighted by atomic mass is 16.5. The van der Waals surface area contributed by atoms with E-state index < -0.39 is 5.97 Å². The van der Waals surface area contributed by atoms with Crippen molar-refractivity contribution in [2.24, 2.45) is 5.92 Å². The molecule has 1 aliphatic carbocycles. The molecule has 1 aliphatic rings. The third-order valence-corrected chi connectivity index (χ3v) is 4.53. The lowest BCUT2D eigenvalue weighted by atomic mass is 9.85. The monoisotopic (exact) mass is 351 g/mol. The lowest BCUT2D eigenvalue weighted by Crippen LogP contribution is -2.27. The maximum atomic E-state index is 12.1. The highest BCUT2D eigenvalue weighted by Gasteiger charge is 2.25. The normalized spacial score (nSPS) is 14.0. The Morgan fingerprint density at radius 3 is 2.81 bits per heavy atom. The van der Waals surface area contributed by atoms with Crippen LogP contribution in [-0.2, 0) is 9.53 Å². The number of pyridine rings is 1. The van der Waals surface area contributed by atoms with E-state index in [9.17, 15) is 9.59 Å². The average molecular weight is 351 g/mol. The van der Waals surface area contributed by atoms with E-state index in [-0.39, 0.29) is 17.5 Å². The number of ether oxygens (including phenoxy) is 1. The molecule has 1 fully saturated rings. The zero-order valence-corrected chi connectivity index (χ0v) is 14.2. The maximum Gasteiger partial charge on any atom is 0.356 e. The van der Waals surface area contributed by atoms with Crippen LogP contribution in [0.3, 0.4) is 0 Å². The number of carbonyl (C=O) groups is 2. The van der Waals surface area contributed by atoms with Crippen LogP contribution >= 0.6 is 0 Å². The molecule has 1 saturated carbocycles. The Morgan fingerprint density at radius 2 is 2.08 bits per heavy atom. The fourth-order valence-corrected chi connectivity index (χ4v) is 2.82. The number of rotatable bonds is 4. The van der Waals surface area contributed by atoms with Crippen molar-refractivity contribution in [3.05, 3.63) is 42.2 Å². The highest BCUT2D eigenvalue weighted by Crippen LogP contribution is 2.29. The fraction of sp³-hybridized carbons (Fsp3) is 0.263. The summed E-state index contributed by atoms with van der Waals surface area (Å²) in [7, 11) is 1.30. The number of aromatic nitrogens is 2. The van der Waals surface area contributed by atoms with Gasteiger partial charge in [-0.15, -0.1) is 0 Å². The molecule has 3 aromatic rings. The van der Waals surface area contributed by atoms with Gasteiger partial charge < -0.3 is 14.5 Å². The van der Waals surface area contributed by atoms with Crippen molar-refractivity contribution in [3.8, 4) is 11.5 Å². The van der Waals surface area contributed by atoms with E-state index in [1.54, 1.807) is 30.3 Å². The van der Waals surface area contributed by atoms with Gasteiger partial charge in [0.15, 0.2) is 5.58 Å². The Bertz CT molecular complexity index is 991. The number of oxazole rings is 1. The summed E-state index contributed by atoms with van der Waals surface area (Å²) < 4.78 is 10.4. The van der Waals surface area contributed by atoms with E-state index >= 15 is 0 Å². The molecule has 0 bridgehead atoms. The van der Waals surface area contributed by atoms with Gasteiger partial charge in [0.1, 0.15) is 11.2 Å². The van der Waals surface area contributed by atoms with Crippen LogP contribution in [0, 0.1) is 5.92 Å². The number of benzene rings is 1. The van der Waals surface area contributed by atoms with Crippen LogP contribution in [0.5, 0.6) is 0 Å². The third-order valence-electron chi connectivity index (χ3n) is 4.53. The zero-order chi connectivity index (χ0) is 18.1. The van der Waals surface area contributed by atoms with Crippen LogP contribution in [0.4, 0.5) is 5.69 Å². The molecule has 0 unspecified atom stereocenters. The molecule has 0 radical (unpaired) electrons. The van der Waals surface area contributed by atoms with Gasteiger partial charge in [0.25, 0.3) is 0 Å². The van der Waals surface area contributed by atoms with Gasteiger partial charge in [0.2, 0.25) is 11.8 Å². The van der Waals surface area contributed by atoms with E-state index in [0.29, 0.717) is 28.2 Å². The zero-order valence-electron chi connectivity index (χ0n) is 14.2. The van der Waals surface area contributed by atoms with Gasteiger partial charge in [-0.25, -0.2) is 14.8 Å². The van der Waals surface area contributed by atoms with Crippen molar-refractivity contribution < 1.29 is 18.7 Å². The first kappa shape index (κ1) is 16.3. The van der Waals surface area contributed by atoms with Crippen LogP contribution in [-0.4, -0.2) is 29.0 Å². The molecule has 7 nitrogen and oxygen atoms in total. The van der Waals surface area contributed by atoms with E-state index in [1.165, 1.54) is 13.3 Å². The van der Waals surface area contributed by atoms with Gasteiger partial charge in [-0.2, -0.15) is 0 Å². The van der Waals surface area contributed by atoms with Crippen molar-refractivity contribution in [2.75, 3.05) is 12.4 Å². The van der Waals surface area contributed by atoms with Crippen molar-refractivity contribution in [1.29, 1.82) is 0 Å². The molecule has 1 amide bonds. The van der Waals surface area contributed by atoms with Crippen molar-refractivity contribution in [2.45, 2.75) is 19.3 Å². The molecule has 0 saturated heterocycles. The minimum Gasteiger partial charge on any atom is -0.464 e. The highest BCUT2D eigenvalue weighted by molar-refractivity contribution is 5.95. The van der Waals surface area contributed by atoms with Crippen molar-refractivity contribution in [1.82, 2.24) is 9.97 Å². The van der Waals surface area contributed by atoms with E-state index in [0.717, 1.165) is 19.3 Å². The van der Waals surface area contributed by atoms with Crippen molar-refractivity contribution in [3.63, 3.8) is 0 Å². The number of carbonyl (C=O) groups excluding carboxylic acids is 2. The molecule has 0 aliphatic heterocycles. The molecule has 1 aromatic carbocycles. The number of hydrogen-bond acceptors (Lipinski definition) is 6. The molecule has 4 rings (SSSR count). The number of anilines is 1. The quantitative estimate of drug-likeness (QED) is 0.724. The van der Waals surface area contributed by atoms with E-state index in [4.69, 9.17) is 4.42 Å². The van der Waals surface area contributed by atoms with Crippen LogP contribution in [0.1, 0.15) is 29.8 Å². The summed E-state index contributed by atoms with van der Waals surface area (Å²) in [6, 6.07) is 8.61. The smallest absolute Gasteiger partial charge is 0.356 e. The van der Waals surface area contributed by atoms with Crippen LogP contribution in [0.25, 0.3) is 22.6 Å². The van der Waals surface area contributed by atoms with Gasteiger partial charge in [-0.3, -0.25) is 4.79 Å². The van der Waals surface area contributed by atoms with E-state index in [1.807, 2.05) is 0 Å². The number of nitrogens with zero attached hydrogens (tertiary/aromatic N) is 2. The number of amides is 1. The van der Waals surface area contributed by atoms with Crippen molar-refractivity contribution >= 4 is 28.7 Å². The maximum absolute atomic E-state index is 12.1. The molecule has 0 spiro atoms. The summed E-state index contributed by atoms with van der Waals surface area (Å²) in [5, 5.41) is 2.92. The minimum absolute atomic E-state index is 0.0520. The summed E-state index contributed by atoms with van der Waals surface area (Å²) in [5.41, 5.74) is 2.72. The molecular formula is C19H17N3O4. The lowest BCUT2D eigenvalue weighted by Gasteiger charge is -2.23. The predicted molar refractivity (Wildman–Crippen MR) is 94.6 cm³/mol. The summed E-state index contributed by atoms with van der Waals surface area (Å²) in [5.74, 6) is 0.0160. The number of methoxy groups -OCH3 is 1. The molecule has 1 N–H and O–H groups in total. The molecule has 2 aromatic heterocycles. The van der Waals surface area contributed by atoms with E-state index in [2.05, 4.69) is 20.0 Å². The molecule has 132 valence electrons. The first-order valence-corrected chi connectivity index (χ1v) is 8.40. The Balaban J connectivity index is 1.61. The first-order valence-electron chi connectivity index (χ1n) is 8.40. The van der Waals surface area contributed by atoms with Crippen LogP contribution < -0.4 is 5.32 Å². The van der Waals surface area contributed by atoms with Gasteiger partial charge in [0.05, 0.1) is 7.11 Å². The number of esters is 1. The summed E-state index contributed by atoms with van der Waals surface area (Å²) in [6.07, 6.45) is 4.52. The molecule has 2 heterocycles. The number of fused-ring (bicyclic) bond motifs is 1. The topological polar surface area (TPSA) is 94.3 Å². The summed E-state index contributed by atoms with van der Waals surface area (Å²) in [6.45, 7) is 0. The second-order valence-electron chi connectivity index (χ2n) is 6.24. The molecular weight excluding hydrogens is 334 g/mol. The third kappa shape index (κ3) is 3.03. The minimum atomic E-state index is -0.524. The lowest BCUT2D eigenvalue weighted by molar-refractivity contribution is -0.122. The molecule has 26 heavy (non-hydrogen) atoms. The van der Waals surface area contributed by atoms with Gasteiger partial charge in [-0.1, -0.05) is 6.42 Å². The van der Waals surface area contributed by atoms with Crippen LogP contribution in [0.15, 0.2) is 40.9 Å². The Hall–Kier alpha value is -3.22. The Kier molecular flexibility index (Phi) is 4.12. The van der Waals surface area contributed by atoms with Gasteiger partial charge >= 0.3 is 5.97 Å². The average Bonchev–Trinajstić information content (AvgIpc) is 3.03.